The number of carbonyl (C=O) groups is 2. The van der Waals surface area contributed by atoms with Crippen molar-refractivity contribution in [2.24, 2.45) is 11.8 Å². The molecule has 6 rings (SSSR count). The molecule has 4 aliphatic heterocycles. The minimum atomic E-state index is -1.41. The number of hydrogen-bond donors (Lipinski definition) is 2. The standard InChI is InChI=1S/C23H19Cl3FN3O4/c1-34-13-3-9(24)2-12(7-13)30-20(31)17-16-6-11(27)8-29(16)23(18(17)21(30)32)14-4-10(25)5-15(26)19(14)28-22(23)33/h2-5,7,11,16-18,22,28,33H,6,8H2,1H3/t11-,16?,17?,18?,22?,23?/m0/s1. The Hall–Kier alpha value is -2.10. The van der Waals surface area contributed by atoms with Gasteiger partial charge in [0.25, 0.3) is 0 Å². The lowest BCUT2D eigenvalue weighted by Gasteiger charge is -2.41. The summed E-state index contributed by atoms with van der Waals surface area (Å²) in [5.74, 6) is -2.44. The number of carbonyl (C=O) groups excluding carboxylic acids is 2. The monoisotopic (exact) mass is 525 g/mol. The molecule has 0 bridgehead atoms. The van der Waals surface area contributed by atoms with Crippen LogP contribution in [0.3, 0.4) is 0 Å². The van der Waals surface area contributed by atoms with E-state index in [1.165, 1.54) is 19.2 Å². The Morgan fingerprint density at radius 1 is 1.12 bits per heavy atom. The quantitative estimate of drug-likeness (QED) is 0.579. The van der Waals surface area contributed by atoms with Gasteiger partial charge in [0.1, 0.15) is 23.7 Å². The molecule has 4 aliphatic rings. The summed E-state index contributed by atoms with van der Waals surface area (Å²) in [6, 6.07) is 7.19. The highest BCUT2D eigenvalue weighted by atomic mass is 35.5. The van der Waals surface area contributed by atoms with E-state index in [9.17, 15) is 19.1 Å². The van der Waals surface area contributed by atoms with Crippen LogP contribution >= 0.6 is 34.8 Å². The summed E-state index contributed by atoms with van der Waals surface area (Å²) in [7, 11) is 1.45. The van der Waals surface area contributed by atoms with E-state index in [2.05, 4.69) is 5.32 Å². The third-order valence-electron chi connectivity index (χ3n) is 7.54. The number of ether oxygens (including phenoxy) is 1. The third-order valence-corrected chi connectivity index (χ3v) is 8.28. The number of imide groups is 1. The summed E-state index contributed by atoms with van der Waals surface area (Å²) < 4.78 is 20.0. The number of nitrogens with zero attached hydrogens (tertiary/aromatic N) is 2. The van der Waals surface area contributed by atoms with Gasteiger partial charge in [-0.1, -0.05) is 34.8 Å². The molecule has 5 unspecified atom stereocenters. The molecule has 0 aliphatic carbocycles. The van der Waals surface area contributed by atoms with Gasteiger partial charge in [0, 0.05) is 34.3 Å². The Balaban J connectivity index is 1.56. The van der Waals surface area contributed by atoms with Crippen LogP contribution in [-0.4, -0.2) is 53.9 Å². The second-order valence-corrected chi connectivity index (χ2v) is 10.4. The summed E-state index contributed by atoms with van der Waals surface area (Å²) in [4.78, 5) is 30.6. The first kappa shape index (κ1) is 22.4. The minimum absolute atomic E-state index is 0.0223. The second-order valence-electron chi connectivity index (χ2n) is 9.10. The number of benzene rings is 2. The zero-order chi connectivity index (χ0) is 24.1. The number of aliphatic hydroxyl groups excluding tert-OH is 1. The molecule has 6 atom stereocenters. The molecular weight excluding hydrogens is 508 g/mol. The lowest BCUT2D eigenvalue weighted by Crippen LogP contribution is -2.56. The molecule has 2 amide bonds. The van der Waals surface area contributed by atoms with Crippen LogP contribution in [0, 0.1) is 11.8 Å². The van der Waals surface area contributed by atoms with Crippen molar-refractivity contribution in [3.8, 4) is 5.75 Å². The van der Waals surface area contributed by atoms with Crippen molar-refractivity contribution in [3.63, 3.8) is 0 Å². The van der Waals surface area contributed by atoms with Crippen molar-refractivity contribution in [1.29, 1.82) is 0 Å². The fraction of sp³-hybridized carbons (Fsp3) is 0.391. The average Bonchev–Trinajstić information content (AvgIpc) is 3.44. The topological polar surface area (TPSA) is 82.1 Å². The van der Waals surface area contributed by atoms with Crippen molar-refractivity contribution >= 4 is 58.0 Å². The predicted octanol–water partition coefficient (Wildman–Crippen LogP) is 3.83. The van der Waals surface area contributed by atoms with Gasteiger partial charge in [0.15, 0.2) is 0 Å². The normalized spacial score (nSPS) is 33.9. The lowest BCUT2D eigenvalue weighted by atomic mass is 9.75. The fourth-order valence-electron chi connectivity index (χ4n) is 6.43. The van der Waals surface area contributed by atoms with Gasteiger partial charge >= 0.3 is 0 Å². The smallest absolute Gasteiger partial charge is 0.240 e. The number of anilines is 2. The number of rotatable bonds is 2. The number of amides is 2. The summed E-state index contributed by atoms with van der Waals surface area (Å²) in [5.41, 5.74) is -0.251. The minimum Gasteiger partial charge on any atom is -0.497 e. The molecule has 3 saturated heterocycles. The van der Waals surface area contributed by atoms with Gasteiger partial charge in [-0.3, -0.25) is 14.5 Å². The lowest BCUT2D eigenvalue weighted by molar-refractivity contribution is -0.127. The van der Waals surface area contributed by atoms with Crippen molar-refractivity contribution in [3.05, 3.63) is 51.0 Å². The van der Waals surface area contributed by atoms with Crippen LogP contribution in [-0.2, 0) is 15.1 Å². The Kier molecular flexibility index (Phi) is 4.90. The maximum Gasteiger partial charge on any atom is 0.240 e. The first-order valence-corrected chi connectivity index (χ1v) is 11.9. The zero-order valence-corrected chi connectivity index (χ0v) is 20.0. The van der Waals surface area contributed by atoms with Gasteiger partial charge in [-0.15, -0.1) is 0 Å². The number of halogens is 4. The van der Waals surface area contributed by atoms with Gasteiger partial charge in [-0.2, -0.15) is 0 Å². The van der Waals surface area contributed by atoms with E-state index < -0.39 is 47.6 Å². The summed E-state index contributed by atoms with van der Waals surface area (Å²) in [5, 5.41) is 15.2. The van der Waals surface area contributed by atoms with Gasteiger partial charge in [0.2, 0.25) is 11.8 Å². The molecule has 2 aromatic carbocycles. The Morgan fingerprint density at radius 3 is 2.59 bits per heavy atom. The van der Waals surface area contributed by atoms with Crippen LogP contribution in [0.4, 0.5) is 15.8 Å². The number of aliphatic hydroxyl groups is 1. The number of methoxy groups -OCH3 is 1. The van der Waals surface area contributed by atoms with Gasteiger partial charge in [-0.05, 0) is 30.7 Å². The predicted molar refractivity (Wildman–Crippen MR) is 125 cm³/mol. The molecule has 2 aromatic rings. The number of alkyl halides is 1. The van der Waals surface area contributed by atoms with Crippen LogP contribution in [0.25, 0.3) is 0 Å². The molecule has 0 aromatic heterocycles. The van der Waals surface area contributed by atoms with Crippen LogP contribution in [0.5, 0.6) is 5.75 Å². The van der Waals surface area contributed by atoms with E-state index in [4.69, 9.17) is 39.5 Å². The largest absolute Gasteiger partial charge is 0.497 e. The highest BCUT2D eigenvalue weighted by molar-refractivity contribution is 6.37. The van der Waals surface area contributed by atoms with E-state index in [0.29, 0.717) is 27.0 Å². The third kappa shape index (κ3) is 2.72. The van der Waals surface area contributed by atoms with Crippen LogP contribution in [0.1, 0.15) is 12.0 Å². The van der Waals surface area contributed by atoms with Crippen molar-refractivity contribution < 1.29 is 23.8 Å². The first-order chi connectivity index (χ1) is 16.2. The molecule has 0 radical (unpaired) electrons. The molecule has 178 valence electrons. The zero-order valence-electron chi connectivity index (χ0n) is 17.8. The second kappa shape index (κ2) is 7.45. The average molecular weight is 527 g/mol. The molecule has 4 heterocycles. The SMILES string of the molecule is COc1cc(Cl)cc(N2C(=O)C3C4C[C@H](F)CN4C4(c5cc(Cl)cc(Cl)c5NC4O)C3C2=O)c1. The number of fused-ring (bicyclic) bond motifs is 7. The van der Waals surface area contributed by atoms with E-state index in [1.54, 1.807) is 23.1 Å². The van der Waals surface area contributed by atoms with Gasteiger partial charge < -0.3 is 15.2 Å². The van der Waals surface area contributed by atoms with Crippen molar-refractivity contribution in [2.45, 2.75) is 30.4 Å². The molecular formula is C23H19Cl3FN3O4. The molecule has 3 fully saturated rings. The number of hydrogen-bond acceptors (Lipinski definition) is 6. The Bertz CT molecular complexity index is 1260. The molecule has 34 heavy (non-hydrogen) atoms. The highest BCUT2D eigenvalue weighted by Gasteiger charge is 2.75. The molecule has 11 heteroatoms. The Labute approximate surface area is 209 Å². The first-order valence-electron chi connectivity index (χ1n) is 10.8. The maximum absolute atomic E-state index is 14.8. The maximum atomic E-state index is 14.8. The highest BCUT2D eigenvalue weighted by Crippen LogP contribution is 2.63. The van der Waals surface area contributed by atoms with Gasteiger partial charge in [-0.25, -0.2) is 9.29 Å². The Morgan fingerprint density at radius 2 is 1.85 bits per heavy atom. The van der Waals surface area contributed by atoms with E-state index in [1.807, 2.05) is 0 Å². The molecule has 2 N–H and O–H groups in total. The van der Waals surface area contributed by atoms with E-state index >= 15 is 0 Å². The van der Waals surface area contributed by atoms with Crippen LogP contribution in [0.15, 0.2) is 30.3 Å². The molecule has 7 nitrogen and oxygen atoms in total. The number of nitrogens with one attached hydrogen (secondary N) is 1. The van der Waals surface area contributed by atoms with Crippen LogP contribution in [0.2, 0.25) is 15.1 Å². The summed E-state index contributed by atoms with van der Waals surface area (Å²) in [6.07, 6.45) is -2.45. The molecule has 0 saturated carbocycles. The van der Waals surface area contributed by atoms with Gasteiger partial charge in [0.05, 0.1) is 35.3 Å². The summed E-state index contributed by atoms with van der Waals surface area (Å²) >= 11 is 18.9. The van der Waals surface area contributed by atoms with Crippen LogP contribution < -0.4 is 15.0 Å². The fourth-order valence-corrected chi connectivity index (χ4v) is 7.20. The van der Waals surface area contributed by atoms with E-state index in [-0.39, 0.29) is 23.7 Å². The summed E-state index contributed by atoms with van der Waals surface area (Å²) in [6.45, 7) is -0.0223. The van der Waals surface area contributed by atoms with Crippen molar-refractivity contribution in [2.75, 3.05) is 23.9 Å². The van der Waals surface area contributed by atoms with E-state index in [0.717, 1.165) is 4.90 Å². The molecule has 1 spiro atoms. The van der Waals surface area contributed by atoms with Crippen molar-refractivity contribution in [1.82, 2.24) is 4.90 Å².